The van der Waals surface area contributed by atoms with Gasteiger partial charge < -0.3 is 10.2 Å². The minimum Gasteiger partial charge on any atom is -0.340 e. The summed E-state index contributed by atoms with van der Waals surface area (Å²) in [5.41, 5.74) is -0.120. The molecule has 0 radical (unpaired) electrons. The van der Waals surface area contributed by atoms with Crippen LogP contribution in [0.25, 0.3) is 0 Å². The molecular weight excluding hydrogens is 256 g/mol. The molecule has 0 spiro atoms. The number of piperidine rings is 1. The van der Waals surface area contributed by atoms with Crippen LogP contribution in [0.4, 0.5) is 0 Å². The lowest BCUT2D eigenvalue weighted by Gasteiger charge is -2.44. The molecule has 0 aliphatic carbocycles. The molecule has 0 aromatic heterocycles. The zero-order chi connectivity index (χ0) is 13.9. The van der Waals surface area contributed by atoms with Gasteiger partial charge in [0.05, 0.1) is 5.41 Å². The van der Waals surface area contributed by atoms with Crippen LogP contribution in [0.5, 0.6) is 0 Å². The first kappa shape index (κ1) is 15.2. The quantitative estimate of drug-likeness (QED) is 0.864. The van der Waals surface area contributed by atoms with Crippen molar-refractivity contribution in [1.82, 2.24) is 10.2 Å². The normalized spacial score (nSPS) is 31.2. The Morgan fingerprint density at radius 3 is 2.79 bits per heavy atom. The van der Waals surface area contributed by atoms with Gasteiger partial charge in [0.2, 0.25) is 5.91 Å². The molecule has 0 bridgehead atoms. The highest BCUT2D eigenvalue weighted by Crippen LogP contribution is 2.37. The third kappa shape index (κ3) is 3.46. The lowest BCUT2D eigenvalue weighted by atomic mass is 9.75. The van der Waals surface area contributed by atoms with Crippen LogP contribution in [-0.4, -0.2) is 47.5 Å². The first-order chi connectivity index (χ1) is 8.99. The smallest absolute Gasteiger partial charge is 0.230 e. The highest BCUT2D eigenvalue weighted by atomic mass is 32.2. The van der Waals surface area contributed by atoms with Gasteiger partial charge in [0, 0.05) is 30.1 Å². The molecule has 0 saturated carbocycles. The fourth-order valence-electron chi connectivity index (χ4n) is 3.47. The number of amides is 1. The number of nitrogens with zero attached hydrogens (tertiary/aromatic N) is 1. The van der Waals surface area contributed by atoms with Crippen molar-refractivity contribution in [3.8, 4) is 0 Å². The van der Waals surface area contributed by atoms with Gasteiger partial charge in [-0.05, 0) is 39.7 Å². The van der Waals surface area contributed by atoms with Crippen molar-refractivity contribution in [3.05, 3.63) is 0 Å². The van der Waals surface area contributed by atoms with Crippen LogP contribution in [-0.2, 0) is 4.79 Å². The van der Waals surface area contributed by atoms with Gasteiger partial charge in [0.1, 0.15) is 0 Å². The molecule has 2 aliphatic rings. The highest BCUT2D eigenvalue weighted by Gasteiger charge is 2.43. The number of hydrogen-bond acceptors (Lipinski definition) is 3. The monoisotopic (exact) mass is 284 g/mol. The molecule has 2 rings (SSSR count). The SMILES string of the molecule is CCCC1(C(=O)N2CCSC(C)(C)C2)CCCNC1. The van der Waals surface area contributed by atoms with E-state index in [1.807, 2.05) is 11.8 Å². The van der Waals surface area contributed by atoms with Crippen LogP contribution >= 0.6 is 11.8 Å². The van der Waals surface area contributed by atoms with Crippen molar-refractivity contribution >= 4 is 17.7 Å². The Balaban J connectivity index is 2.10. The standard InChI is InChI=1S/C15H28N2OS/c1-4-6-15(7-5-8-16-11-15)13(18)17-9-10-19-14(2,3)12-17/h16H,4-12H2,1-3H3. The minimum absolute atomic E-state index is 0.120. The Kier molecular flexibility index (Phi) is 4.83. The molecular formula is C15H28N2OS. The second-order valence-corrected chi connectivity index (χ2v) is 8.45. The molecule has 0 aromatic rings. The second kappa shape index (κ2) is 6.04. The molecule has 0 aromatic carbocycles. The van der Waals surface area contributed by atoms with E-state index in [2.05, 4.69) is 31.0 Å². The molecule has 2 heterocycles. The summed E-state index contributed by atoms with van der Waals surface area (Å²) in [6.07, 6.45) is 4.33. The lowest BCUT2D eigenvalue weighted by Crippen LogP contribution is -2.56. The zero-order valence-corrected chi connectivity index (χ0v) is 13.4. The summed E-state index contributed by atoms with van der Waals surface area (Å²) in [4.78, 5) is 15.2. The maximum Gasteiger partial charge on any atom is 0.230 e. The molecule has 2 aliphatic heterocycles. The van der Waals surface area contributed by atoms with E-state index in [-0.39, 0.29) is 10.2 Å². The van der Waals surface area contributed by atoms with Crippen molar-refractivity contribution in [2.45, 2.75) is 51.2 Å². The Morgan fingerprint density at radius 2 is 2.21 bits per heavy atom. The van der Waals surface area contributed by atoms with Crippen LogP contribution in [0.2, 0.25) is 0 Å². The van der Waals surface area contributed by atoms with E-state index in [0.29, 0.717) is 5.91 Å². The summed E-state index contributed by atoms with van der Waals surface area (Å²) < 4.78 is 0.212. The predicted molar refractivity (Wildman–Crippen MR) is 82.6 cm³/mol. The van der Waals surface area contributed by atoms with Crippen LogP contribution in [0, 0.1) is 5.41 Å². The molecule has 1 atom stereocenters. The average Bonchev–Trinajstić information content (AvgIpc) is 2.38. The van der Waals surface area contributed by atoms with Crippen molar-refractivity contribution in [3.63, 3.8) is 0 Å². The van der Waals surface area contributed by atoms with E-state index >= 15 is 0 Å². The molecule has 1 unspecified atom stereocenters. The number of nitrogens with one attached hydrogen (secondary N) is 1. The molecule has 4 heteroatoms. The Hall–Kier alpha value is -0.220. The molecule has 3 nitrogen and oxygen atoms in total. The second-order valence-electron chi connectivity index (χ2n) is 6.65. The fraction of sp³-hybridized carbons (Fsp3) is 0.933. The van der Waals surface area contributed by atoms with E-state index in [1.54, 1.807) is 0 Å². The summed E-state index contributed by atoms with van der Waals surface area (Å²) in [7, 11) is 0. The van der Waals surface area contributed by atoms with Crippen LogP contribution in [0.15, 0.2) is 0 Å². The van der Waals surface area contributed by atoms with E-state index in [1.165, 1.54) is 0 Å². The van der Waals surface area contributed by atoms with Gasteiger partial charge in [0.15, 0.2) is 0 Å². The van der Waals surface area contributed by atoms with Crippen LogP contribution < -0.4 is 5.32 Å². The molecule has 2 fully saturated rings. The van der Waals surface area contributed by atoms with E-state index < -0.39 is 0 Å². The van der Waals surface area contributed by atoms with E-state index in [9.17, 15) is 4.79 Å². The minimum atomic E-state index is -0.120. The van der Waals surface area contributed by atoms with E-state index in [0.717, 1.165) is 57.6 Å². The molecule has 1 N–H and O–H groups in total. The van der Waals surface area contributed by atoms with Gasteiger partial charge >= 0.3 is 0 Å². The maximum atomic E-state index is 13.0. The third-order valence-electron chi connectivity index (χ3n) is 4.37. The lowest BCUT2D eigenvalue weighted by molar-refractivity contribution is -0.144. The summed E-state index contributed by atoms with van der Waals surface area (Å²) in [6.45, 7) is 10.5. The van der Waals surface area contributed by atoms with Gasteiger partial charge in [-0.25, -0.2) is 0 Å². The van der Waals surface area contributed by atoms with Gasteiger partial charge in [-0.2, -0.15) is 11.8 Å². The summed E-state index contributed by atoms with van der Waals surface area (Å²) in [5, 5.41) is 3.45. The fourth-order valence-corrected chi connectivity index (χ4v) is 4.59. The summed E-state index contributed by atoms with van der Waals surface area (Å²) in [5.74, 6) is 1.49. The first-order valence-corrected chi connectivity index (χ1v) is 8.62. The van der Waals surface area contributed by atoms with Crippen LogP contribution in [0.1, 0.15) is 46.5 Å². The van der Waals surface area contributed by atoms with Gasteiger partial charge in [0.25, 0.3) is 0 Å². The number of rotatable bonds is 3. The Morgan fingerprint density at radius 1 is 1.42 bits per heavy atom. The third-order valence-corrected chi connectivity index (χ3v) is 5.66. The van der Waals surface area contributed by atoms with Crippen molar-refractivity contribution < 1.29 is 4.79 Å². The number of hydrogen-bond donors (Lipinski definition) is 1. The van der Waals surface area contributed by atoms with Crippen molar-refractivity contribution in [1.29, 1.82) is 0 Å². The molecule has 19 heavy (non-hydrogen) atoms. The number of carbonyl (C=O) groups is 1. The first-order valence-electron chi connectivity index (χ1n) is 7.63. The average molecular weight is 284 g/mol. The zero-order valence-electron chi connectivity index (χ0n) is 12.6. The Labute approximate surface area is 121 Å². The summed E-state index contributed by atoms with van der Waals surface area (Å²) >= 11 is 1.99. The molecule has 1 amide bonds. The maximum absolute atomic E-state index is 13.0. The van der Waals surface area contributed by atoms with Crippen molar-refractivity contribution in [2.75, 3.05) is 31.9 Å². The molecule has 2 saturated heterocycles. The molecule has 110 valence electrons. The predicted octanol–water partition coefficient (Wildman–Crippen LogP) is 2.51. The Bertz CT molecular complexity index is 319. The van der Waals surface area contributed by atoms with Gasteiger partial charge in [-0.3, -0.25) is 4.79 Å². The topological polar surface area (TPSA) is 32.3 Å². The van der Waals surface area contributed by atoms with Crippen molar-refractivity contribution in [2.24, 2.45) is 5.41 Å². The number of thioether (sulfide) groups is 1. The summed E-state index contributed by atoms with van der Waals surface area (Å²) in [6, 6.07) is 0. The number of carbonyl (C=O) groups excluding carboxylic acids is 1. The largest absolute Gasteiger partial charge is 0.340 e. The van der Waals surface area contributed by atoms with E-state index in [4.69, 9.17) is 0 Å². The van der Waals surface area contributed by atoms with Crippen LogP contribution in [0.3, 0.4) is 0 Å². The van der Waals surface area contributed by atoms with Gasteiger partial charge in [-0.1, -0.05) is 13.3 Å². The van der Waals surface area contributed by atoms with Gasteiger partial charge in [-0.15, -0.1) is 0 Å². The highest BCUT2D eigenvalue weighted by molar-refractivity contribution is 8.00.